The fraction of sp³-hybridized carbons (Fsp3) is 0.500. The monoisotopic (exact) mass is 300 g/mol. The number of ether oxygens (including phenoxy) is 2. The number of rotatable bonds is 4. The lowest BCUT2D eigenvalue weighted by molar-refractivity contribution is 0.0322. The van der Waals surface area contributed by atoms with Crippen LogP contribution in [0.4, 0.5) is 5.69 Å². The molecule has 1 fully saturated rings. The van der Waals surface area contributed by atoms with Crippen LogP contribution < -0.4 is 10.5 Å². The van der Waals surface area contributed by atoms with Crippen molar-refractivity contribution in [1.29, 1.82) is 0 Å². The average molecular weight is 301 g/mol. The first-order chi connectivity index (χ1) is 8.25. The summed E-state index contributed by atoms with van der Waals surface area (Å²) in [5.41, 5.74) is 6.40. The molecule has 1 aromatic rings. The first-order valence-corrected chi connectivity index (χ1v) is 6.53. The van der Waals surface area contributed by atoms with Crippen molar-refractivity contribution in [2.24, 2.45) is 0 Å². The van der Waals surface area contributed by atoms with Gasteiger partial charge in [0, 0.05) is 25.3 Å². The lowest BCUT2D eigenvalue weighted by Crippen LogP contribution is -2.38. The third kappa shape index (κ3) is 3.87. The summed E-state index contributed by atoms with van der Waals surface area (Å²) in [6.07, 6.45) is 0. The van der Waals surface area contributed by atoms with Crippen molar-refractivity contribution in [3.8, 4) is 5.75 Å². The molecule has 0 amide bonds. The zero-order chi connectivity index (χ0) is 12.1. The molecule has 1 saturated heterocycles. The van der Waals surface area contributed by atoms with E-state index in [4.69, 9.17) is 15.2 Å². The van der Waals surface area contributed by atoms with Crippen molar-refractivity contribution in [2.45, 2.75) is 0 Å². The van der Waals surface area contributed by atoms with Gasteiger partial charge in [0.1, 0.15) is 12.4 Å². The van der Waals surface area contributed by atoms with E-state index in [2.05, 4.69) is 20.8 Å². The predicted octanol–water partition coefficient (Wildman–Crippen LogP) is 1.74. The van der Waals surface area contributed by atoms with E-state index in [1.54, 1.807) is 0 Å². The quantitative estimate of drug-likeness (QED) is 0.861. The molecule has 4 nitrogen and oxygen atoms in total. The van der Waals surface area contributed by atoms with Crippen LogP contribution in [0.1, 0.15) is 0 Å². The summed E-state index contributed by atoms with van der Waals surface area (Å²) < 4.78 is 11.9. The van der Waals surface area contributed by atoms with Gasteiger partial charge in [-0.15, -0.1) is 0 Å². The molecule has 2 rings (SSSR count). The van der Waals surface area contributed by atoms with Crippen LogP contribution in [0.3, 0.4) is 0 Å². The van der Waals surface area contributed by atoms with E-state index in [-0.39, 0.29) is 0 Å². The van der Waals surface area contributed by atoms with Crippen LogP contribution in [0.5, 0.6) is 5.75 Å². The molecule has 2 N–H and O–H groups in total. The SMILES string of the molecule is Nc1ccc(OCCN2CCOCC2)c(Br)c1. The van der Waals surface area contributed by atoms with Gasteiger partial charge in [0.25, 0.3) is 0 Å². The number of nitrogens with two attached hydrogens (primary N) is 1. The fourth-order valence-corrected chi connectivity index (χ4v) is 2.25. The highest BCUT2D eigenvalue weighted by atomic mass is 79.9. The van der Waals surface area contributed by atoms with Crippen molar-refractivity contribution < 1.29 is 9.47 Å². The largest absolute Gasteiger partial charge is 0.491 e. The van der Waals surface area contributed by atoms with E-state index in [1.807, 2.05) is 18.2 Å². The summed E-state index contributed by atoms with van der Waals surface area (Å²) in [6, 6.07) is 5.58. The Balaban J connectivity index is 1.77. The lowest BCUT2D eigenvalue weighted by Gasteiger charge is -2.26. The molecule has 17 heavy (non-hydrogen) atoms. The van der Waals surface area contributed by atoms with Crippen LogP contribution in [0.15, 0.2) is 22.7 Å². The molecule has 0 radical (unpaired) electrons. The zero-order valence-electron chi connectivity index (χ0n) is 9.69. The molecular weight excluding hydrogens is 284 g/mol. The molecule has 0 spiro atoms. The molecule has 0 aromatic heterocycles. The van der Waals surface area contributed by atoms with Crippen molar-refractivity contribution in [3.05, 3.63) is 22.7 Å². The van der Waals surface area contributed by atoms with Gasteiger partial charge in [-0.25, -0.2) is 0 Å². The lowest BCUT2D eigenvalue weighted by atomic mass is 10.3. The number of anilines is 1. The van der Waals surface area contributed by atoms with Gasteiger partial charge in [-0.05, 0) is 34.1 Å². The maximum Gasteiger partial charge on any atom is 0.133 e. The van der Waals surface area contributed by atoms with Crippen LogP contribution >= 0.6 is 15.9 Å². The Bertz CT molecular complexity index is 368. The Morgan fingerprint density at radius 2 is 2.12 bits per heavy atom. The summed E-state index contributed by atoms with van der Waals surface area (Å²) in [5.74, 6) is 0.840. The molecule has 0 atom stereocenters. The minimum atomic E-state index is 0.683. The fourth-order valence-electron chi connectivity index (χ4n) is 1.74. The molecule has 0 bridgehead atoms. The summed E-state index contributed by atoms with van der Waals surface area (Å²) in [4.78, 5) is 2.34. The highest BCUT2D eigenvalue weighted by Gasteiger charge is 2.10. The maximum atomic E-state index is 5.71. The van der Waals surface area contributed by atoms with Crippen LogP contribution in [-0.4, -0.2) is 44.4 Å². The van der Waals surface area contributed by atoms with Gasteiger partial charge in [0.05, 0.1) is 17.7 Å². The molecule has 5 heteroatoms. The number of hydrogen-bond donors (Lipinski definition) is 1. The zero-order valence-corrected chi connectivity index (χ0v) is 11.3. The number of nitrogen functional groups attached to an aromatic ring is 1. The Kier molecular flexibility index (Phi) is 4.65. The second-order valence-electron chi connectivity index (χ2n) is 3.99. The number of nitrogens with zero attached hydrogens (tertiary/aromatic N) is 1. The van der Waals surface area contributed by atoms with Crippen molar-refractivity contribution in [1.82, 2.24) is 4.90 Å². The minimum absolute atomic E-state index is 0.683. The van der Waals surface area contributed by atoms with Gasteiger partial charge >= 0.3 is 0 Å². The van der Waals surface area contributed by atoms with Gasteiger partial charge in [0.15, 0.2) is 0 Å². The number of hydrogen-bond acceptors (Lipinski definition) is 4. The Hall–Kier alpha value is -0.780. The number of halogens is 1. The molecule has 1 aromatic carbocycles. The molecule has 94 valence electrons. The maximum absolute atomic E-state index is 5.71. The molecular formula is C12H17BrN2O2. The Morgan fingerprint density at radius 1 is 1.35 bits per heavy atom. The topological polar surface area (TPSA) is 47.7 Å². The van der Waals surface area contributed by atoms with E-state index in [0.29, 0.717) is 6.61 Å². The first kappa shape index (κ1) is 12.7. The van der Waals surface area contributed by atoms with Gasteiger partial charge in [0.2, 0.25) is 0 Å². The normalized spacial score (nSPS) is 17.0. The van der Waals surface area contributed by atoms with Crippen LogP contribution in [0.25, 0.3) is 0 Å². The summed E-state index contributed by atoms with van der Waals surface area (Å²) in [5, 5.41) is 0. The van der Waals surface area contributed by atoms with Gasteiger partial charge in [-0.3, -0.25) is 4.90 Å². The Labute approximate surface area is 110 Å². The number of morpholine rings is 1. The summed E-state index contributed by atoms with van der Waals surface area (Å²) in [7, 11) is 0. The van der Waals surface area contributed by atoms with E-state index >= 15 is 0 Å². The van der Waals surface area contributed by atoms with Crippen molar-refractivity contribution in [3.63, 3.8) is 0 Å². The smallest absolute Gasteiger partial charge is 0.133 e. The van der Waals surface area contributed by atoms with E-state index in [9.17, 15) is 0 Å². The van der Waals surface area contributed by atoms with E-state index in [1.165, 1.54) is 0 Å². The standard InChI is InChI=1S/C12H17BrN2O2/c13-11-9-10(14)1-2-12(11)17-8-5-15-3-6-16-7-4-15/h1-2,9H,3-8,14H2. The Morgan fingerprint density at radius 3 is 2.82 bits per heavy atom. The molecule has 1 heterocycles. The first-order valence-electron chi connectivity index (χ1n) is 5.73. The molecule has 0 unspecified atom stereocenters. The molecule has 1 aliphatic rings. The van der Waals surface area contributed by atoms with Crippen molar-refractivity contribution in [2.75, 3.05) is 45.2 Å². The minimum Gasteiger partial charge on any atom is -0.491 e. The van der Waals surface area contributed by atoms with Crippen LogP contribution in [0.2, 0.25) is 0 Å². The van der Waals surface area contributed by atoms with Crippen LogP contribution in [-0.2, 0) is 4.74 Å². The third-order valence-electron chi connectivity index (χ3n) is 2.72. The second kappa shape index (κ2) is 6.23. The summed E-state index contributed by atoms with van der Waals surface area (Å²) in [6.45, 7) is 5.25. The average Bonchev–Trinajstić information content (AvgIpc) is 2.33. The number of benzene rings is 1. The van der Waals surface area contributed by atoms with Crippen LogP contribution in [0, 0.1) is 0 Å². The second-order valence-corrected chi connectivity index (χ2v) is 4.85. The molecule has 0 saturated carbocycles. The van der Waals surface area contributed by atoms with Gasteiger partial charge < -0.3 is 15.2 Å². The van der Waals surface area contributed by atoms with Gasteiger partial charge in [-0.2, -0.15) is 0 Å². The third-order valence-corrected chi connectivity index (χ3v) is 3.34. The molecule has 1 aliphatic heterocycles. The highest BCUT2D eigenvalue weighted by Crippen LogP contribution is 2.26. The van der Waals surface area contributed by atoms with Gasteiger partial charge in [-0.1, -0.05) is 0 Å². The van der Waals surface area contributed by atoms with E-state index < -0.39 is 0 Å². The predicted molar refractivity (Wildman–Crippen MR) is 71.3 cm³/mol. The highest BCUT2D eigenvalue weighted by molar-refractivity contribution is 9.10. The molecule has 0 aliphatic carbocycles. The van der Waals surface area contributed by atoms with E-state index in [0.717, 1.165) is 48.8 Å². The van der Waals surface area contributed by atoms with Crippen molar-refractivity contribution >= 4 is 21.6 Å². The summed E-state index contributed by atoms with van der Waals surface area (Å²) >= 11 is 3.43.